The first-order valence-corrected chi connectivity index (χ1v) is 11.9. The standard InChI is InChI=1S/C24H21Cl2N5OS/c1-16-12-18(26)10-11-21(16)27-14-22-29-30-24(31(22)20-8-3-2-4-9-20)33-15-23(32)28-19-7-5-6-17(25)13-19/h2-13,27H,14-15H2,1H3,(H,28,32). The summed E-state index contributed by atoms with van der Waals surface area (Å²) in [5.41, 5.74) is 3.59. The van der Waals surface area contributed by atoms with Crippen molar-refractivity contribution in [1.82, 2.24) is 14.8 Å². The zero-order valence-corrected chi connectivity index (χ0v) is 20.1. The molecule has 0 atom stereocenters. The molecule has 0 bridgehead atoms. The van der Waals surface area contributed by atoms with Crippen LogP contribution >= 0.6 is 35.0 Å². The summed E-state index contributed by atoms with van der Waals surface area (Å²) in [6.45, 7) is 2.45. The summed E-state index contributed by atoms with van der Waals surface area (Å²) in [7, 11) is 0. The van der Waals surface area contributed by atoms with Gasteiger partial charge in [-0.25, -0.2) is 0 Å². The Labute approximate surface area is 206 Å². The number of benzene rings is 3. The fourth-order valence-corrected chi connectivity index (χ4v) is 4.43. The normalized spacial score (nSPS) is 10.8. The molecule has 168 valence electrons. The first-order chi connectivity index (χ1) is 16.0. The lowest BCUT2D eigenvalue weighted by Crippen LogP contribution is -2.15. The number of para-hydroxylation sites is 1. The Morgan fingerprint density at radius 3 is 2.52 bits per heavy atom. The zero-order valence-electron chi connectivity index (χ0n) is 17.8. The van der Waals surface area contributed by atoms with Crippen LogP contribution in [0.5, 0.6) is 0 Å². The lowest BCUT2D eigenvalue weighted by atomic mass is 10.2. The number of aromatic nitrogens is 3. The van der Waals surface area contributed by atoms with E-state index in [-0.39, 0.29) is 11.7 Å². The van der Waals surface area contributed by atoms with Crippen LogP contribution in [0.2, 0.25) is 10.0 Å². The average Bonchev–Trinajstić information content (AvgIpc) is 3.20. The van der Waals surface area contributed by atoms with Gasteiger partial charge in [0.15, 0.2) is 11.0 Å². The Morgan fingerprint density at radius 2 is 1.76 bits per heavy atom. The van der Waals surface area contributed by atoms with Crippen molar-refractivity contribution in [3.63, 3.8) is 0 Å². The number of anilines is 2. The molecule has 4 aromatic rings. The number of rotatable bonds is 8. The Morgan fingerprint density at radius 1 is 0.970 bits per heavy atom. The van der Waals surface area contributed by atoms with Crippen molar-refractivity contribution in [2.75, 3.05) is 16.4 Å². The van der Waals surface area contributed by atoms with Crippen molar-refractivity contribution in [3.05, 3.63) is 94.2 Å². The van der Waals surface area contributed by atoms with Gasteiger partial charge in [0.1, 0.15) is 0 Å². The fourth-order valence-electron chi connectivity index (χ4n) is 3.24. The summed E-state index contributed by atoms with van der Waals surface area (Å²) < 4.78 is 1.95. The van der Waals surface area contributed by atoms with Crippen molar-refractivity contribution in [2.24, 2.45) is 0 Å². The molecule has 2 N–H and O–H groups in total. The van der Waals surface area contributed by atoms with Crippen molar-refractivity contribution in [1.29, 1.82) is 0 Å². The highest BCUT2D eigenvalue weighted by molar-refractivity contribution is 7.99. The number of nitrogens with zero attached hydrogens (tertiary/aromatic N) is 3. The van der Waals surface area contributed by atoms with E-state index in [1.54, 1.807) is 24.3 Å². The first kappa shape index (κ1) is 23.2. The summed E-state index contributed by atoms with van der Waals surface area (Å²) in [6.07, 6.45) is 0. The topological polar surface area (TPSA) is 71.8 Å². The fraction of sp³-hybridized carbons (Fsp3) is 0.125. The van der Waals surface area contributed by atoms with Gasteiger partial charge in [-0.3, -0.25) is 9.36 Å². The van der Waals surface area contributed by atoms with Crippen LogP contribution in [-0.2, 0) is 11.3 Å². The molecule has 0 unspecified atom stereocenters. The number of amides is 1. The first-order valence-electron chi connectivity index (χ1n) is 10.2. The van der Waals surface area contributed by atoms with Gasteiger partial charge < -0.3 is 10.6 Å². The molecule has 6 nitrogen and oxygen atoms in total. The number of aryl methyl sites for hydroxylation is 1. The minimum absolute atomic E-state index is 0.152. The minimum Gasteiger partial charge on any atom is -0.378 e. The second kappa shape index (κ2) is 10.7. The Bertz CT molecular complexity index is 1260. The van der Waals surface area contributed by atoms with Crippen LogP contribution < -0.4 is 10.6 Å². The van der Waals surface area contributed by atoms with E-state index < -0.39 is 0 Å². The van der Waals surface area contributed by atoms with Crippen LogP contribution in [-0.4, -0.2) is 26.4 Å². The maximum Gasteiger partial charge on any atom is 0.234 e. The maximum atomic E-state index is 12.5. The second-order valence-corrected chi connectivity index (χ2v) is 9.05. The molecule has 1 aromatic heterocycles. The molecule has 0 saturated heterocycles. The molecule has 0 fully saturated rings. The number of hydrogen-bond acceptors (Lipinski definition) is 5. The van der Waals surface area contributed by atoms with E-state index in [0.717, 1.165) is 22.8 Å². The number of carbonyl (C=O) groups is 1. The van der Waals surface area contributed by atoms with E-state index in [9.17, 15) is 4.79 Å². The van der Waals surface area contributed by atoms with E-state index in [0.29, 0.717) is 27.4 Å². The molecule has 0 aliphatic carbocycles. The molecule has 4 rings (SSSR count). The number of hydrogen-bond donors (Lipinski definition) is 2. The van der Waals surface area contributed by atoms with Gasteiger partial charge in [0, 0.05) is 27.1 Å². The van der Waals surface area contributed by atoms with Gasteiger partial charge in [-0.1, -0.05) is 59.2 Å². The largest absolute Gasteiger partial charge is 0.378 e. The van der Waals surface area contributed by atoms with Crippen LogP contribution in [0.1, 0.15) is 11.4 Å². The van der Waals surface area contributed by atoms with Gasteiger partial charge in [-0.05, 0) is 61.0 Å². The summed E-state index contributed by atoms with van der Waals surface area (Å²) in [6, 6.07) is 22.6. The third-order valence-electron chi connectivity index (χ3n) is 4.78. The molecule has 9 heteroatoms. The van der Waals surface area contributed by atoms with Gasteiger partial charge in [-0.15, -0.1) is 10.2 Å². The number of carbonyl (C=O) groups excluding carboxylic acids is 1. The third-order valence-corrected chi connectivity index (χ3v) is 6.18. The van der Waals surface area contributed by atoms with E-state index in [4.69, 9.17) is 23.2 Å². The lowest BCUT2D eigenvalue weighted by Gasteiger charge is -2.13. The van der Waals surface area contributed by atoms with Gasteiger partial charge >= 0.3 is 0 Å². The highest BCUT2D eigenvalue weighted by Gasteiger charge is 2.16. The number of nitrogens with one attached hydrogen (secondary N) is 2. The maximum absolute atomic E-state index is 12.5. The molecule has 3 aromatic carbocycles. The second-order valence-electron chi connectivity index (χ2n) is 7.23. The highest BCUT2D eigenvalue weighted by atomic mass is 35.5. The van der Waals surface area contributed by atoms with Gasteiger partial charge in [0.2, 0.25) is 5.91 Å². The summed E-state index contributed by atoms with van der Waals surface area (Å²) in [4.78, 5) is 12.5. The Hall–Kier alpha value is -3.00. The van der Waals surface area contributed by atoms with E-state index in [2.05, 4.69) is 20.8 Å². The van der Waals surface area contributed by atoms with Crippen LogP contribution in [0.3, 0.4) is 0 Å². The van der Waals surface area contributed by atoms with Gasteiger partial charge in [-0.2, -0.15) is 0 Å². The van der Waals surface area contributed by atoms with E-state index in [1.807, 2.05) is 60.0 Å². The van der Waals surface area contributed by atoms with E-state index in [1.165, 1.54) is 11.8 Å². The molecule has 1 amide bonds. The lowest BCUT2D eigenvalue weighted by molar-refractivity contribution is -0.113. The molecule has 33 heavy (non-hydrogen) atoms. The molecular weight excluding hydrogens is 477 g/mol. The molecular formula is C24H21Cl2N5OS. The van der Waals surface area contributed by atoms with Gasteiger partial charge in [0.25, 0.3) is 0 Å². The predicted molar refractivity (Wildman–Crippen MR) is 136 cm³/mol. The number of thioether (sulfide) groups is 1. The molecule has 0 spiro atoms. The molecule has 0 radical (unpaired) electrons. The monoisotopic (exact) mass is 497 g/mol. The number of halogens is 2. The van der Waals surface area contributed by atoms with Crippen molar-refractivity contribution in [3.8, 4) is 5.69 Å². The average molecular weight is 498 g/mol. The minimum atomic E-state index is -0.152. The SMILES string of the molecule is Cc1cc(Cl)ccc1NCc1nnc(SCC(=O)Nc2cccc(Cl)c2)n1-c1ccccc1. The van der Waals surface area contributed by atoms with Crippen LogP contribution in [0.15, 0.2) is 78.0 Å². The predicted octanol–water partition coefficient (Wildman–Crippen LogP) is 6.23. The van der Waals surface area contributed by atoms with Crippen LogP contribution in [0.4, 0.5) is 11.4 Å². The molecule has 1 heterocycles. The summed E-state index contributed by atoms with van der Waals surface area (Å²) in [5, 5.41) is 16.9. The Kier molecular flexibility index (Phi) is 7.54. The smallest absolute Gasteiger partial charge is 0.234 e. The molecule has 0 aliphatic heterocycles. The Balaban J connectivity index is 1.50. The quantitative estimate of drug-likeness (QED) is 0.282. The highest BCUT2D eigenvalue weighted by Crippen LogP contribution is 2.25. The summed E-state index contributed by atoms with van der Waals surface area (Å²) >= 11 is 13.4. The summed E-state index contributed by atoms with van der Waals surface area (Å²) in [5.74, 6) is 0.760. The molecule has 0 aliphatic rings. The zero-order chi connectivity index (χ0) is 23.2. The van der Waals surface area contributed by atoms with Crippen LogP contribution in [0.25, 0.3) is 5.69 Å². The third kappa shape index (κ3) is 6.07. The van der Waals surface area contributed by atoms with E-state index >= 15 is 0 Å². The van der Waals surface area contributed by atoms with Crippen molar-refractivity contribution >= 4 is 52.2 Å². The van der Waals surface area contributed by atoms with Crippen molar-refractivity contribution < 1.29 is 4.79 Å². The van der Waals surface area contributed by atoms with Crippen molar-refractivity contribution in [2.45, 2.75) is 18.6 Å². The van der Waals surface area contributed by atoms with Crippen LogP contribution in [0, 0.1) is 6.92 Å². The molecule has 0 saturated carbocycles. The van der Waals surface area contributed by atoms with Gasteiger partial charge in [0.05, 0.1) is 12.3 Å².